The second-order valence-electron chi connectivity index (χ2n) is 5.40. The van der Waals surface area contributed by atoms with Crippen LogP contribution in [0.1, 0.15) is 21.5 Å². The highest BCUT2D eigenvalue weighted by atomic mass is 16.5. The molecule has 0 spiro atoms. The molecule has 2 aromatic carbocycles. The van der Waals surface area contributed by atoms with E-state index < -0.39 is 0 Å². The fraction of sp³-hybridized carbons (Fsp3) is 0.316. The Bertz CT molecular complexity index is 713. The van der Waals surface area contributed by atoms with Crippen molar-refractivity contribution in [3.63, 3.8) is 0 Å². The maximum atomic E-state index is 12.1. The summed E-state index contributed by atoms with van der Waals surface area (Å²) in [7, 11) is 3.14. The third-order valence-electron chi connectivity index (χ3n) is 3.78. The predicted molar refractivity (Wildman–Crippen MR) is 93.3 cm³/mol. The third-order valence-corrected chi connectivity index (χ3v) is 3.78. The molecule has 1 N–H and O–H groups in total. The highest BCUT2D eigenvalue weighted by Crippen LogP contribution is 2.36. The van der Waals surface area contributed by atoms with Crippen LogP contribution in [0.25, 0.3) is 0 Å². The molecule has 0 aliphatic rings. The molecule has 0 saturated heterocycles. The summed E-state index contributed by atoms with van der Waals surface area (Å²) < 4.78 is 16.2. The summed E-state index contributed by atoms with van der Waals surface area (Å²) in [5, 5.41) is 2.85. The van der Waals surface area contributed by atoms with Crippen LogP contribution >= 0.6 is 0 Å². The van der Waals surface area contributed by atoms with E-state index in [2.05, 4.69) is 5.32 Å². The minimum absolute atomic E-state index is 0.112. The van der Waals surface area contributed by atoms with Gasteiger partial charge in [0.2, 0.25) is 5.75 Å². The number of aryl methyl sites for hydroxylation is 2. The standard InChI is InChI=1S/C19H23NO4/c1-13-8-9-15(12-14(13)2)19(21)20-10-11-24-17-7-5-6-16(22-3)18(17)23-4/h5-9,12H,10-11H2,1-4H3,(H,20,21). The molecular formula is C19H23NO4. The molecule has 0 saturated carbocycles. The monoisotopic (exact) mass is 329 g/mol. The number of ether oxygens (including phenoxy) is 3. The van der Waals surface area contributed by atoms with E-state index in [9.17, 15) is 4.79 Å². The maximum Gasteiger partial charge on any atom is 0.251 e. The second-order valence-corrected chi connectivity index (χ2v) is 5.40. The lowest BCUT2D eigenvalue weighted by Gasteiger charge is -2.13. The molecule has 0 heterocycles. The summed E-state index contributed by atoms with van der Waals surface area (Å²) in [5.41, 5.74) is 2.91. The van der Waals surface area contributed by atoms with Crippen LogP contribution in [0.4, 0.5) is 0 Å². The molecule has 24 heavy (non-hydrogen) atoms. The van der Waals surface area contributed by atoms with Gasteiger partial charge in [0.05, 0.1) is 20.8 Å². The van der Waals surface area contributed by atoms with Crippen molar-refractivity contribution in [3.8, 4) is 17.2 Å². The van der Waals surface area contributed by atoms with Gasteiger partial charge in [0.25, 0.3) is 5.91 Å². The van der Waals surface area contributed by atoms with Gasteiger partial charge in [-0.3, -0.25) is 4.79 Å². The molecule has 0 aliphatic heterocycles. The number of rotatable bonds is 7. The van der Waals surface area contributed by atoms with Gasteiger partial charge in [-0.25, -0.2) is 0 Å². The van der Waals surface area contributed by atoms with E-state index in [-0.39, 0.29) is 5.91 Å². The van der Waals surface area contributed by atoms with E-state index in [4.69, 9.17) is 14.2 Å². The molecule has 5 heteroatoms. The first-order valence-corrected chi connectivity index (χ1v) is 7.76. The lowest BCUT2D eigenvalue weighted by atomic mass is 10.1. The fourth-order valence-electron chi connectivity index (χ4n) is 2.28. The Morgan fingerprint density at radius 2 is 1.75 bits per heavy atom. The number of amides is 1. The summed E-state index contributed by atoms with van der Waals surface area (Å²) in [4.78, 5) is 12.1. The highest BCUT2D eigenvalue weighted by molar-refractivity contribution is 5.94. The summed E-state index contributed by atoms with van der Waals surface area (Å²) in [6.45, 7) is 4.74. The van der Waals surface area contributed by atoms with Crippen molar-refractivity contribution in [1.29, 1.82) is 0 Å². The van der Waals surface area contributed by atoms with Crippen LogP contribution in [-0.2, 0) is 0 Å². The van der Waals surface area contributed by atoms with E-state index in [1.165, 1.54) is 5.56 Å². The number of benzene rings is 2. The predicted octanol–water partition coefficient (Wildman–Crippen LogP) is 3.13. The highest BCUT2D eigenvalue weighted by Gasteiger charge is 2.11. The summed E-state index contributed by atoms with van der Waals surface area (Å²) >= 11 is 0. The van der Waals surface area contributed by atoms with Crippen LogP contribution in [0.2, 0.25) is 0 Å². The van der Waals surface area contributed by atoms with Gasteiger partial charge in [-0.05, 0) is 49.2 Å². The molecule has 128 valence electrons. The molecule has 0 aliphatic carbocycles. The zero-order valence-electron chi connectivity index (χ0n) is 14.5. The fourth-order valence-corrected chi connectivity index (χ4v) is 2.28. The van der Waals surface area contributed by atoms with Gasteiger partial charge in [0.15, 0.2) is 11.5 Å². The zero-order valence-corrected chi connectivity index (χ0v) is 14.5. The van der Waals surface area contributed by atoms with Crippen LogP contribution in [-0.4, -0.2) is 33.3 Å². The van der Waals surface area contributed by atoms with Crippen molar-refractivity contribution in [2.75, 3.05) is 27.4 Å². The van der Waals surface area contributed by atoms with Gasteiger partial charge < -0.3 is 19.5 Å². The molecule has 0 fully saturated rings. The van der Waals surface area contributed by atoms with E-state index in [0.717, 1.165) is 5.56 Å². The maximum absolute atomic E-state index is 12.1. The topological polar surface area (TPSA) is 56.8 Å². The van der Waals surface area contributed by atoms with Crippen LogP contribution in [0.5, 0.6) is 17.2 Å². The summed E-state index contributed by atoms with van der Waals surface area (Å²) in [6.07, 6.45) is 0. The Kier molecular flexibility index (Phi) is 6.07. The largest absolute Gasteiger partial charge is 0.493 e. The van der Waals surface area contributed by atoms with Crippen molar-refractivity contribution in [1.82, 2.24) is 5.32 Å². The lowest BCUT2D eigenvalue weighted by Crippen LogP contribution is -2.28. The first kappa shape index (κ1) is 17.7. The molecule has 0 bridgehead atoms. The Hall–Kier alpha value is -2.69. The smallest absolute Gasteiger partial charge is 0.251 e. The van der Waals surface area contributed by atoms with Crippen LogP contribution < -0.4 is 19.5 Å². The number of hydrogen-bond donors (Lipinski definition) is 1. The molecule has 2 rings (SSSR count). The van der Waals surface area contributed by atoms with Gasteiger partial charge in [0, 0.05) is 5.56 Å². The lowest BCUT2D eigenvalue weighted by molar-refractivity contribution is 0.0946. The van der Waals surface area contributed by atoms with E-state index in [1.807, 2.05) is 38.1 Å². The number of carbonyl (C=O) groups excluding carboxylic acids is 1. The quantitative estimate of drug-likeness (QED) is 0.793. The van der Waals surface area contributed by atoms with E-state index >= 15 is 0 Å². The first-order valence-electron chi connectivity index (χ1n) is 7.76. The molecule has 1 amide bonds. The molecular weight excluding hydrogens is 306 g/mol. The molecule has 2 aromatic rings. The van der Waals surface area contributed by atoms with Crippen LogP contribution in [0.3, 0.4) is 0 Å². The van der Waals surface area contributed by atoms with Crippen LogP contribution in [0, 0.1) is 13.8 Å². The summed E-state index contributed by atoms with van der Waals surface area (Å²) in [5.74, 6) is 1.62. The minimum atomic E-state index is -0.112. The number of nitrogens with one attached hydrogen (secondary N) is 1. The Labute approximate surface area is 142 Å². The van der Waals surface area contributed by atoms with Crippen molar-refractivity contribution in [2.24, 2.45) is 0 Å². The molecule has 0 aromatic heterocycles. The normalized spacial score (nSPS) is 10.2. The Balaban J connectivity index is 1.89. The minimum Gasteiger partial charge on any atom is -0.493 e. The Morgan fingerprint density at radius 1 is 1.00 bits per heavy atom. The van der Waals surface area contributed by atoms with Crippen molar-refractivity contribution < 1.29 is 19.0 Å². The first-order chi connectivity index (χ1) is 11.6. The number of para-hydroxylation sites is 1. The van der Waals surface area contributed by atoms with E-state index in [1.54, 1.807) is 26.4 Å². The average Bonchev–Trinajstić information content (AvgIpc) is 2.60. The van der Waals surface area contributed by atoms with Crippen molar-refractivity contribution in [3.05, 3.63) is 53.1 Å². The van der Waals surface area contributed by atoms with Gasteiger partial charge in [-0.2, -0.15) is 0 Å². The number of methoxy groups -OCH3 is 2. The molecule has 0 atom stereocenters. The molecule has 5 nitrogen and oxygen atoms in total. The Morgan fingerprint density at radius 3 is 2.42 bits per heavy atom. The van der Waals surface area contributed by atoms with Gasteiger partial charge in [-0.1, -0.05) is 12.1 Å². The zero-order chi connectivity index (χ0) is 17.5. The van der Waals surface area contributed by atoms with E-state index in [0.29, 0.717) is 36.0 Å². The van der Waals surface area contributed by atoms with Gasteiger partial charge >= 0.3 is 0 Å². The van der Waals surface area contributed by atoms with Crippen molar-refractivity contribution in [2.45, 2.75) is 13.8 Å². The van der Waals surface area contributed by atoms with Crippen LogP contribution in [0.15, 0.2) is 36.4 Å². The molecule has 0 unspecified atom stereocenters. The van der Waals surface area contributed by atoms with Gasteiger partial charge in [0.1, 0.15) is 6.61 Å². The molecule has 0 radical (unpaired) electrons. The second kappa shape index (κ2) is 8.24. The third kappa shape index (κ3) is 4.19. The SMILES string of the molecule is COc1cccc(OCCNC(=O)c2ccc(C)c(C)c2)c1OC. The van der Waals surface area contributed by atoms with Crippen molar-refractivity contribution >= 4 is 5.91 Å². The number of hydrogen-bond acceptors (Lipinski definition) is 4. The van der Waals surface area contributed by atoms with Gasteiger partial charge in [-0.15, -0.1) is 0 Å². The average molecular weight is 329 g/mol. The number of carbonyl (C=O) groups is 1. The summed E-state index contributed by atoms with van der Waals surface area (Å²) in [6, 6.07) is 11.1.